The van der Waals surface area contributed by atoms with Crippen LogP contribution in [0.5, 0.6) is 5.75 Å². The molecule has 0 saturated heterocycles. The number of nitrogens with zero attached hydrogens (tertiary/aromatic N) is 1. The molecule has 3 aliphatic rings. The average Bonchev–Trinajstić information content (AvgIpc) is 3.00. The summed E-state index contributed by atoms with van der Waals surface area (Å²) in [7, 11) is -2.20. The summed E-state index contributed by atoms with van der Waals surface area (Å²) >= 11 is 6.32. The second-order valence-electron chi connectivity index (χ2n) is 12.4. The molecule has 2 heterocycles. The van der Waals surface area contributed by atoms with Gasteiger partial charge in [0.25, 0.3) is 5.91 Å². The number of aryl methyl sites for hydroxylation is 1. The van der Waals surface area contributed by atoms with Crippen molar-refractivity contribution in [3.05, 3.63) is 58.1 Å². The van der Waals surface area contributed by atoms with Gasteiger partial charge in [0.05, 0.1) is 23.1 Å². The van der Waals surface area contributed by atoms with Crippen molar-refractivity contribution in [2.75, 3.05) is 31.7 Å². The molecule has 0 aromatic heterocycles. The third-order valence-electron chi connectivity index (χ3n) is 9.96. The van der Waals surface area contributed by atoms with E-state index in [0.29, 0.717) is 49.0 Å². The highest BCUT2D eigenvalue weighted by Crippen LogP contribution is 2.47. The van der Waals surface area contributed by atoms with Gasteiger partial charge in [-0.25, -0.2) is 13.1 Å². The summed E-state index contributed by atoms with van der Waals surface area (Å²) in [5.41, 5.74) is 2.65. The van der Waals surface area contributed by atoms with Crippen molar-refractivity contribution in [1.82, 2.24) is 4.72 Å². The van der Waals surface area contributed by atoms with Crippen LogP contribution >= 0.6 is 11.6 Å². The lowest BCUT2D eigenvalue weighted by Crippen LogP contribution is -2.54. The predicted molar refractivity (Wildman–Crippen MR) is 169 cm³/mol. The van der Waals surface area contributed by atoms with E-state index in [1.807, 2.05) is 25.1 Å². The fraction of sp³-hybridized carbons (Fsp3) is 0.606. The Morgan fingerprint density at radius 1 is 1.09 bits per heavy atom. The van der Waals surface area contributed by atoms with Crippen LogP contribution in [0.15, 0.2) is 36.4 Å². The molecule has 10 heteroatoms. The molecule has 5 rings (SSSR count). The summed E-state index contributed by atoms with van der Waals surface area (Å²) in [5, 5.41) is 10.7. The highest BCUT2D eigenvalue weighted by molar-refractivity contribution is 7.90. The highest BCUT2D eigenvalue weighted by Gasteiger charge is 2.48. The van der Waals surface area contributed by atoms with E-state index in [-0.39, 0.29) is 18.1 Å². The third kappa shape index (κ3) is 7.00. The van der Waals surface area contributed by atoms with E-state index < -0.39 is 26.8 Å². The monoisotopic (exact) mass is 632 g/mol. The van der Waals surface area contributed by atoms with Gasteiger partial charge in [0.1, 0.15) is 12.4 Å². The zero-order valence-corrected chi connectivity index (χ0v) is 26.9. The first-order chi connectivity index (χ1) is 20.7. The van der Waals surface area contributed by atoms with Crippen molar-refractivity contribution in [2.24, 2.45) is 11.8 Å². The van der Waals surface area contributed by atoms with Gasteiger partial charge in [-0.15, -0.1) is 0 Å². The van der Waals surface area contributed by atoms with Gasteiger partial charge in [-0.2, -0.15) is 0 Å². The van der Waals surface area contributed by atoms with Crippen LogP contribution in [-0.4, -0.2) is 57.1 Å². The van der Waals surface area contributed by atoms with Gasteiger partial charge in [0, 0.05) is 30.8 Å². The summed E-state index contributed by atoms with van der Waals surface area (Å²) in [6.45, 7) is 3.59. The summed E-state index contributed by atoms with van der Waals surface area (Å²) in [6, 6.07) is 11.1. The van der Waals surface area contributed by atoms with E-state index in [4.69, 9.17) is 21.1 Å². The lowest BCUT2D eigenvalue weighted by atomic mass is 9.63. The zero-order chi connectivity index (χ0) is 30.6. The molecule has 0 spiro atoms. The number of methoxy groups -OCH3 is 1. The van der Waals surface area contributed by atoms with Crippen LogP contribution in [-0.2, 0) is 27.8 Å². The second kappa shape index (κ2) is 13.8. The molecule has 2 aromatic carbocycles. The average molecular weight is 633 g/mol. The van der Waals surface area contributed by atoms with Crippen LogP contribution in [0, 0.1) is 11.8 Å². The summed E-state index contributed by atoms with van der Waals surface area (Å²) in [6.07, 6.45) is 7.69. The number of rotatable bonds is 3. The number of aliphatic hydroxyl groups excluding tert-OH is 1. The Bertz CT molecular complexity index is 1400. The molecular weight excluding hydrogens is 588 g/mol. The summed E-state index contributed by atoms with van der Waals surface area (Å²) in [4.78, 5) is 15.7. The van der Waals surface area contributed by atoms with Gasteiger partial charge in [-0.05, 0) is 105 Å². The zero-order valence-electron chi connectivity index (χ0n) is 25.3. The van der Waals surface area contributed by atoms with Gasteiger partial charge >= 0.3 is 0 Å². The first kappa shape index (κ1) is 32.1. The number of halogens is 1. The molecule has 1 fully saturated rings. The topological polar surface area (TPSA) is 105 Å². The predicted octanol–water partition coefficient (Wildman–Crippen LogP) is 5.88. The Morgan fingerprint density at radius 3 is 2.65 bits per heavy atom. The van der Waals surface area contributed by atoms with Crippen LogP contribution in [0.1, 0.15) is 86.2 Å². The SMILES string of the molecule is CC[C@@H]1CCCC[C@](CO)(OC)[C@@H]2CC[C@H]2CN2CCCCc3cc(Cl)ccc3COc3ccc(cc32)C(=O)NS1(=O)=O. The molecule has 0 unspecified atom stereocenters. The molecule has 1 amide bonds. The molecule has 2 bridgehead atoms. The summed E-state index contributed by atoms with van der Waals surface area (Å²) in [5.74, 6) is 0.505. The van der Waals surface area contributed by atoms with Gasteiger partial charge in [0.2, 0.25) is 10.0 Å². The first-order valence-corrected chi connectivity index (χ1v) is 17.6. The second-order valence-corrected chi connectivity index (χ2v) is 14.8. The molecule has 8 nitrogen and oxygen atoms in total. The maximum Gasteiger partial charge on any atom is 0.264 e. The minimum atomic E-state index is -3.88. The van der Waals surface area contributed by atoms with Crippen LogP contribution in [0.25, 0.3) is 0 Å². The third-order valence-corrected chi connectivity index (χ3v) is 12.1. The molecule has 2 aromatic rings. The van der Waals surface area contributed by atoms with Gasteiger partial charge in [-0.3, -0.25) is 4.79 Å². The Morgan fingerprint density at radius 2 is 1.93 bits per heavy atom. The molecule has 2 aliphatic heterocycles. The fourth-order valence-electron chi connectivity index (χ4n) is 7.19. The molecule has 236 valence electrons. The standard InChI is InChI=1S/C33H45ClN2O6S/c1-3-28-9-4-6-16-33(22-37,41-2)29-14-11-25(29)20-36-17-7-5-8-23-18-27(34)13-10-26(23)21-42-31-15-12-24(19-30(31)36)32(38)35-43(28,39)40/h10,12-13,15,18-19,25,28-29,37H,3-9,11,14,16-17,20-22H2,1-2H3,(H,35,38)/t25-,28+,29+,33+/m0/s1. The number of hydrogen-bond donors (Lipinski definition) is 2. The minimum Gasteiger partial charge on any atom is -0.487 e. The lowest BCUT2D eigenvalue weighted by Gasteiger charge is -2.50. The number of fused-ring (bicyclic) bond motifs is 3. The van der Waals surface area contributed by atoms with Gasteiger partial charge in [0.15, 0.2) is 0 Å². The lowest BCUT2D eigenvalue weighted by molar-refractivity contribution is -0.141. The largest absolute Gasteiger partial charge is 0.487 e. The summed E-state index contributed by atoms with van der Waals surface area (Å²) < 4.78 is 41.5. The number of ether oxygens (including phenoxy) is 2. The Balaban J connectivity index is 1.55. The minimum absolute atomic E-state index is 0.0686. The highest BCUT2D eigenvalue weighted by atomic mass is 35.5. The van der Waals surface area contributed by atoms with E-state index in [1.165, 1.54) is 5.56 Å². The van der Waals surface area contributed by atoms with Crippen molar-refractivity contribution < 1.29 is 27.8 Å². The van der Waals surface area contributed by atoms with E-state index in [9.17, 15) is 18.3 Å². The van der Waals surface area contributed by atoms with Crippen LogP contribution in [0.3, 0.4) is 0 Å². The van der Waals surface area contributed by atoms with E-state index in [0.717, 1.165) is 62.9 Å². The fourth-order valence-corrected chi connectivity index (χ4v) is 8.84. The first-order valence-electron chi connectivity index (χ1n) is 15.7. The molecule has 1 aliphatic carbocycles. The molecular formula is C33H45ClN2O6S. The van der Waals surface area contributed by atoms with Crippen molar-refractivity contribution >= 4 is 33.2 Å². The number of aliphatic hydroxyl groups is 1. The maximum absolute atomic E-state index is 13.4. The van der Waals surface area contributed by atoms with Crippen LogP contribution in [0.4, 0.5) is 5.69 Å². The molecule has 1 saturated carbocycles. The molecule has 4 atom stereocenters. The number of nitrogens with one attached hydrogen (secondary N) is 1. The smallest absolute Gasteiger partial charge is 0.264 e. The number of carbonyl (C=O) groups excluding carboxylic acids is 1. The maximum atomic E-state index is 13.4. The van der Waals surface area contributed by atoms with E-state index in [1.54, 1.807) is 25.3 Å². The Kier molecular flexibility index (Phi) is 10.3. The van der Waals surface area contributed by atoms with Crippen molar-refractivity contribution in [1.29, 1.82) is 0 Å². The quantitative estimate of drug-likeness (QED) is 0.436. The van der Waals surface area contributed by atoms with E-state index >= 15 is 0 Å². The molecule has 0 radical (unpaired) electrons. The normalized spacial score (nSPS) is 28.2. The van der Waals surface area contributed by atoms with E-state index in [2.05, 4.69) is 9.62 Å². The Labute approximate surface area is 261 Å². The number of hydrogen-bond acceptors (Lipinski definition) is 7. The van der Waals surface area contributed by atoms with Crippen LogP contribution < -0.4 is 14.4 Å². The molecule has 43 heavy (non-hydrogen) atoms. The van der Waals surface area contributed by atoms with Crippen molar-refractivity contribution in [3.8, 4) is 5.75 Å². The van der Waals surface area contributed by atoms with Gasteiger partial charge < -0.3 is 19.5 Å². The number of benzene rings is 2. The number of amides is 1. The Hall–Kier alpha value is -2.33. The number of sulfonamides is 1. The van der Waals surface area contributed by atoms with Gasteiger partial charge in [-0.1, -0.05) is 37.4 Å². The molecule has 2 N–H and O–H groups in total. The van der Waals surface area contributed by atoms with Crippen molar-refractivity contribution in [2.45, 2.75) is 88.6 Å². The number of carbonyl (C=O) groups is 1. The number of anilines is 1. The van der Waals surface area contributed by atoms with Crippen molar-refractivity contribution in [3.63, 3.8) is 0 Å². The van der Waals surface area contributed by atoms with Crippen LogP contribution in [0.2, 0.25) is 5.02 Å².